The summed E-state index contributed by atoms with van der Waals surface area (Å²) in [5.41, 5.74) is 1.96. The number of ether oxygens (including phenoxy) is 2. The molecular formula is C27H21N3O5. The summed E-state index contributed by atoms with van der Waals surface area (Å²) in [6.45, 7) is 1.34. The number of carbonyl (C=O) groups is 3. The van der Waals surface area contributed by atoms with Gasteiger partial charge in [-0.2, -0.15) is 0 Å². The molecule has 3 heterocycles. The average Bonchev–Trinajstić information content (AvgIpc) is 3.56. The highest BCUT2D eigenvalue weighted by molar-refractivity contribution is 6.17. The number of nitrogens with one attached hydrogen (secondary N) is 2. The summed E-state index contributed by atoms with van der Waals surface area (Å²) in [6, 6.07) is 21.5. The van der Waals surface area contributed by atoms with Crippen molar-refractivity contribution in [1.29, 1.82) is 0 Å². The molecule has 8 heteroatoms. The van der Waals surface area contributed by atoms with Crippen LogP contribution in [0.2, 0.25) is 0 Å². The van der Waals surface area contributed by atoms with Crippen LogP contribution >= 0.6 is 0 Å². The predicted octanol–water partition coefficient (Wildman–Crippen LogP) is 4.21. The number of aromatic nitrogens is 1. The molecule has 3 amide bonds. The molecule has 0 bridgehead atoms. The summed E-state index contributed by atoms with van der Waals surface area (Å²) in [4.78, 5) is 44.3. The fourth-order valence-electron chi connectivity index (χ4n) is 4.72. The Morgan fingerprint density at radius 2 is 1.71 bits per heavy atom. The molecule has 1 aromatic heterocycles. The van der Waals surface area contributed by atoms with Gasteiger partial charge in [-0.25, -0.2) is 4.79 Å². The van der Waals surface area contributed by atoms with E-state index in [4.69, 9.17) is 9.47 Å². The number of para-hydroxylation sites is 1. The van der Waals surface area contributed by atoms with Crippen LogP contribution in [0.25, 0.3) is 22.2 Å². The first-order valence-corrected chi connectivity index (χ1v) is 11.2. The summed E-state index contributed by atoms with van der Waals surface area (Å²) < 4.78 is 10.8. The number of urea groups is 1. The lowest BCUT2D eigenvalue weighted by molar-refractivity contribution is -0.130. The van der Waals surface area contributed by atoms with Gasteiger partial charge in [-0.15, -0.1) is 0 Å². The fourth-order valence-corrected chi connectivity index (χ4v) is 4.72. The third kappa shape index (κ3) is 3.25. The Hall–Kier alpha value is -4.59. The lowest BCUT2D eigenvalue weighted by Gasteiger charge is -2.22. The molecule has 1 fully saturated rings. The Labute approximate surface area is 200 Å². The number of amides is 3. The molecule has 2 aliphatic rings. The molecule has 174 valence electrons. The van der Waals surface area contributed by atoms with Gasteiger partial charge in [-0.3, -0.25) is 14.5 Å². The largest absolute Gasteiger partial charge is 0.454 e. The van der Waals surface area contributed by atoms with Crippen LogP contribution in [-0.2, 0) is 10.3 Å². The first kappa shape index (κ1) is 21.0. The number of carbonyl (C=O) groups excluding carboxylic acids is 3. The number of imide groups is 1. The Morgan fingerprint density at radius 3 is 2.54 bits per heavy atom. The number of hydrogen-bond acceptors (Lipinski definition) is 5. The summed E-state index contributed by atoms with van der Waals surface area (Å²) in [5.74, 6) is 0.246. The number of rotatable bonds is 5. The van der Waals surface area contributed by atoms with Crippen molar-refractivity contribution in [1.82, 2.24) is 15.2 Å². The van der Waals surface area contributed by atoms with E-state index in [0.717, 1.165) is 21.4 Å². The maximum absolute atomic E-state index is 13.6. The molecule has 1 saturated heterocycles. The van der Waals surface area contributed by atoms with E-state index in [9.17, 15) is 14.4 Å². The van der Waals surface area contributed by atoms with Crippen molar-refractivity contribution < 1.29 is 23.9 Å². The van der Waals surface area contributed by atoms with E-state index >= 15 is 0 Å². The number of Topliss-reactive ketones (excluding diaryl/α,β-unsaturated/α-hetero) is 1. The molecule has 2 aliphatic heterocycles. The van der Waals surface area contributed by atoms with E-state index in [1.165, 1.54) is 0 Å². The van der Waals surface area contributed by atoms with Gasteiger partial charge in [0.2, 0.25) is 6.79 Å². The number of benzene rings is 3. The van der Waals surface area contributed by atoms with Crippen molar-refractivity contribution in [2.24, 2.45) is 0 Å². The Balaban J connectivity index is 1.35. The zero-order chi connectivity index (χ0) is 24.2. The zero-order valence-electron chi connectivity index (χ0n) is 18.8. The van der Waals surface area contributed by atoms with Crippen molar-refractivity contribution in [3.8, 4) is 22.8 Å². The summed E-state index contributed by atoms with van der Waals surface area (Å²) in [5, 5.41) is 3.49. The monoisotopic (exact) mass is 467 g/mol. The SMILES string of the molecule is C[C@]1(c2ccc3c(c2)OCO3)NC(=O)N(CC(=O)c2c(-c3ccccc3)[nH]c3ccccc23)C1=O. The predicted molar refractivity (Wildman–Crippen MR) is 128 cm³/mol. The van der Waals surface area contributed by atoms with Crippen molar-refractivity contribution in [2.45, 2.75) is 12.5 Å². The third-order valence-corrected chi connectivity index (χ3v) is 6.57. The normalized spacial score (nSPS) is 18.8. The second-order valence-corrected chi connectivity index (χ2v) is 8.72. The lowest BCUT2D eigenvalue weighted by atomic mass is 9.91. The highest BCUT2D eigenvalue weighted by Crippen LogP contribution is 2.38. The maximum atomic E-state index is 13.6. The number of hydrogen-bond donors (Lipinski definition) is 2. The van der Waals surface area contributed by atoms with E-state index in [0.29, 0.717) is 28.3 Å². The third-order valence-electron chi connectivity index (χ3n) is 6.57. The Kier molecular flexibility index (Phi) is 4.63. The molecule has 6 rings (SSSR count). The van der Waals surface area contributed by atoms with Crippen molar-refractivity contribution in [2.75, 3.05) is 13.3 Å². The topological polar surface area (TPSA) is 101 Å². The summed E-state index contributed by atoms with van der Waals surface area (Å²) in [7, 11) is 0. The quantitative estimate of drug-likeness (QED) is 0.338. The fraction of sp³-hybridized carbons (Fsp3) is 0.148. The molecule has 8 nitrogen and oxygen atoms in total. The summed E-state index contributed by atoms with van der Waals surface area (Å²) in [6.07, 6.45) is 0. The average molecular weight is 467 g/mol. The standard InChI is InChI=1S/C27H21N3O5/c1-27(17-11-12-21-22(13-17)35-15-34-21)25(32)30(26(33)29-27)14-20(31)23-18-9-5-6-10-19(18)28-24(23)16-7-3-2-4-8-16/h2-13,28H,14-15H2,1H3,(H,29,33)/t27-/m1/s1. The molecule has 0 radical (unpaired) electrons. The molecule has 4 aromatic rings. The van der Waals surface area contributed by atoms with Crippen LogP contribution in [-0.4, -0.2) is 40.9 Å². The van der Waals surface area contributed by atoms with E-state index in [1.54, 1.807) is 25.1 Å². The van der Waals surface area contributed by atoms with E-state index < -0.39 is 17.5 Å². The molecule has 2 N–H and O–H groups in total. The van der Waals surface area contributed by atoms with Crippen molar-refractivity contribution in [3.63, 3.8) is 0 Å². The molecular weight excluding hydrogens is 446 g/mol. The first-order valence-electron chi connectivity index (χ1n) is 11.2. The minimum Gasteiger partial charge on any atom is -0.454 e. The van der Waals surface area contributed by atoms with Gasteiger partial charge in [0, 0.05) is 10.9 Å². The Morgan fingerprint density at radius 1 is 0.971 bits per heavy atom. The van der Waals surface area contributed by atoms with Gasteiger partial charge in [0.25, 0.3) is 5.91 Å². The van der Waals surface area contributed by atoms with Gasteiger partial charge in [0.05, 0.1) is 17.8 Å². The van der Waals surface area contributed by atoms with E-state index in [-0.39, 0.29) is 19.1 Å². The summed E-state index contributed by atoms with van der Waals surface area (Å²) >= 11 is 0. The molecule has 0 unspecified atom stereocenters. The van der Waals surface area contributed by atoms with Gasteiger partial charge in [0.15, 0.2) is 17.3 Å². The second-order valence-electron chi connectivity index (χ2n) is 8.72. The maximum Gasteiger partial charge on any atom is 0.325 e. The van der Waals surface area contributed by atoms with Gasteiger partial charge in [-0.05, 0) is 36.2 Å². The van der Waals surface area contributed by atoms with Gasteiger partial charge < -0.3 is 19.8 Å². The molecule has 1 atom stereocenters. The molecule has 0 saturated carbocycles. The van der Waals surface area contributed by atoms with E-state index in [1.807, 2.05) is 54.6 Å². The van der Waals surface area contributed by atoms with Crippen LogP contribution in [0.1, 0.15) is 22.8 Å². The smallest absolute Gasteiger partial charge is 0.325 e. The van der Waals surface area contributed by atoms with E-state index in [2.05, 4.69) is 10.3 Å². The van der Waals surface area contributed by atoms with Crippen molar-refractivity contribution in [3.05, 3.63) is 83.9 Å². The van der Waals surface area contributed by atoms with Crippen LogP contribution in [0.15, 0.2) is 72.8 Å². The number of ketones is 1. The first-order chi connectivity index (χ1) is 17.0. The highest BCUT2D eigenvalue weighted by atomic mass is 16.7. The number of aromatic amines is 1. The van der Waals surface area contributed by atoms with Gasteiger partial charge in [-0.1, -0.05) is 54.6 Å². The van der Waals surface area contributed by atoms with Crippen LogP contribution in [0.5, 0.6) is 11.5 Å². The number of nitrogens with zero attached hydrogens (tertiary/aromatic N) is 1. The highest BCUT2D eigenvalue weighted by Gasteiger charge is 2.50. The van der Waals surface area contributed by atoms with Crippen LogP contribution in [0.4, 0.5) is 4.79 Å². The van der Waals surface area contributed by atoms with Gasteiger partial charge in [0.1, 0.15) is 5.54 Å². The number of fused-ring (bicyclic) bond motifs is 2. The minimum atomic E-state index is -1.33. The Bertz CT molecular complexity index is 1510. The van der Waals surface area contributed by atoms with Crippen LogP contribution in [0, 0.1) is 0 Å². The zero-order valence-corrected chi connectivity index (χ0v) is 18.8. The molecule has 0 spiro atoms. The minimum absolute atomic E-state index is 0.102. The van der Waals surface area contributed by atoms with Crippen molar-refractivity contribution >= 4 is 28.6 Å². The lowest BCUT2D eigenvalue weighted by Crippen LogP contribution is -2.41. The molecule has 35 heavy (non-hydrogen) atoms. The van der Waals surface area contributed by atoms with Gasteiger partial charge >= 0.3 is 6.03 Å². The second kappa shape index (κ2) is 7.73. The van der Waals surface area contributed by atoms with Crippen LogP contribution in [0.3, 0.4) is 0 Å². The van der Waals surface area contributed by atoms with Crippen LogP contribution < -0.4 is 14.8 Å². The molecule has 0 aliphatic carbocycles. The molecule has 3 aromatic carbocycles. The number of H-pyrrole nitrogens is 1.